The predicted molar refractivity (Wildman–Crippen MR) is 98.8 cm³/mol. The van der Waals surface area contributed by atoms with Gasteiger partial charge in [-0.25, -0.2) is 17.2 Å². The van der Waals surface area contributed by atoms with E-state index in [9.17, 15) is 22.0 Å². The topological polar surface area (TPSA) is 54.5 Å². The second kappa shape index (κ2) is 7.76. The summed E-state index contributed by atoms with van der Waals surface area (Å²) in [5, 5.41) is 0. The van der Waals surface area contributed by atoms with Gasteiger partial charge in [-0.05, 0) is 42.5 Å². The molecule has 4 nitrogen and oxygen atoms in total. The van der Waals surface area contributed by atoms with Gasteiger partial charge in [-0.15, -0.1) is 0 Å². The van der Waals surface area contributed by atoms with Crippen molar-refractivity contribution in [1.29, 1.82) is 0 Å². The minimum absolute atomic E-state index is 0.00550. The summed E-state index contributed by atoms with van der Waals surface area (Å²) < 4.78 is 52.6. The Morgan fingerprint density at radius 1 is 1.07 bits per heavy atom. The number of carbonyl (C=O) groups excluding carboxylic acids is 1. The SMILES string of the molecule is CC(=O)N1CCC(CS(=O)(=O)c2ccc(-c3cccc(F)c3F)cc2)CC1. The van der Waals surface area contributed by atoms with Gasteiger partial charge in [0.15, 0.2) is 21.5 Å². The number of halogens is 2. The third kappa shape index (κ3) is 4.35. The van der Waals surface area contributed by atoms with Crippen molar-refractivity contribution in [3.8, 4) is 11.1 Å². The van der Waals surface area contributed by atoms with Gasteiger partial charge in [0.05, 0.1) is 10.6 Å². The van der Waals surface area contributed by atoms with Crippen LogP contribution in [0.25, 0.3) is 11.1 Å². The van der Waals surface area contributed by atoms with Crippen LogP contribution in [-0.4, -0.2) is 38.1 Å². The van der Waals surface area contributed by atoms with Crippen LogP contribution in [-0.2, 0) is 14.6 Å². The Morgan fingerprint density at radius 3 is 2.30 bits per heavy atom. The summed E-state index contributed by atoms with van der Waals surface area (Å²) >= 11 is 0. The van der Waals surface area contributed by atoms with Crippen molar-refractivity contribution >= 4 is 15.7 Å². The van der Waals surface area contributed by atoms with Crippen LogP contribution < -0.4 is 0 Å². The number of carbonyl (C=O) groups is 1. The van der Waals surface area contributed by atoms with Crippen LogP contribution in [0.5, 0.6) is 0 Å². The number of rotatable bonds is 4. The molecule has 0 saturated carbocycles. The third-order valence-electron chi connectivity index (χ3n) is 4.99. The van der Waals surface area contributed by atoms with Crippen molar-refractivity contribution in [2.45, 2.75) is 24.7 Å². The highest BCUT2D eigenvalue weighted by Crippen LogP contribution is 2.27. The fourth-order valence-electron chi connectivity index (χ4n) is 3.39. The lowest BCUT2D eigenvalue weighted by atomic mass is 9.99. The molecule has 2 aromatic rings. The molecule has 0 unspecified atom stereocenters. The van der Waals surface area contributed by atoms with Crippen LogP contribution in [0.4, 0.5) is 8.78 Å². The smallest absolute Gasteiger partial charge is 0.219 e. The molecule has 1 aliphatic heterocycles. The molecule has 3 rings (SSSR count). The number of nitrogens with zero attached hydrogens (tertiary/aromatic N) is 1. The summed E-state index contributed by atoms with van der Waals surface area (Å²) in [5.74, 6) is -1.86. The number of hydrogen-bond acceptors (Lipinski definition) is 3. The number of benzene rings is 2. The molecule has 1 saturated heterocycles. The van der Waals surface area contributed by atoms with Crippen LogP contribution in [0.1, 0.15) is 19.8 Å². The first-order valence-electron chi connectivity index (χ1n) is 8.80. The first-order chi connectivity index (χ1) is 12.8. The normalized spacial score (nSPS) is 15.7. The minimum atomic E-state index is -3.49. The average molecular weight is 393 g/mol. The molecule has 27 heavy (non-hydrogen) atoms. The summed E-state index contributed by atoms with van der Waals surface area (Å²) in [4.78, 5) is 13.3. The number of hydrogen-bond donors (Lipinski definition) is 0. The molecule has 0 bridgehead atoms. The Hall–Kier alpha value is -2.28. The Morgan fingerprint density at radius 2 is 1.70 bits per heavy atom. The fraction of sp³-hybridized carbons (Fsp3) is 0.350. The Balaban J connectivity index is 1.72. The molecule has 0 radical (unpaired) electrons. The molecule has 1 amide bonds. The molecule has 0 atom stereocenters. The van der Waals surface area contributed by atoms with E-state index in [1.54, 1.807) is 4.90 Å². The van der Waals surface area contributed by atoms with Crippen molar-refractivity contribution in [2.75, 3.05) is 18.8 Å². The van der Waals surface area contributed by atoms with Gasteiger partial charge >= 0.3 is 0 Å². The van der Waals surface area contributed by atoms with E-state index in [-0.39, 0.29) is 28.0 Å². The third-order valence-corrected chi connectivity index (χ3v) is 6.89. The lowest BCUT2D eigenvalue weighted by Gasteiger charge is -2.31. The molecular weight excluding hydrogens is 372 g/mol. The van der Waals surface area contributed by atoms with Crippen LogP contribution in [0.2, 0.25) is 0 Å². The van der Waals surface area contributed by atoms with Crippen LogP contribution in [0.3, 0.4) is 0 Å². The van der Waals surface area contributed by atoms with Gasteiger partial charge in [-0.1, -0.05) is 24.3 Å². The van der Waals surface area contributed by atoms with E-state index in [1.165, 1.54) is 43.3 Å². The largest absolute Gasteiger partial charge is 0.343 e. The molecule has 0 aliphatic carbocycles. The molecule has 7 heteroatoms. The lowest BCUT2D eigenvalue weighted by molar-refractivity contribution is -0.130. The zero-order valence-electron chi connectivity index (χ0n) is 15.0. The van der Waals surface area contributed by atoms with E-state index in [4.69, 9.17) is 0 Å². The lowest BCUT2D eigenvalue weighted by Crippen LogP contribution is -2.38. The van der Waals surface area contributed by atoms with Crippen molar-refractivity contribution < 1.29 is 22.0 Å². The zero-order valence-corrected chi connectivity index (χ0v) is 15.8. The van der Waals surface area contributed by atoms with Gasteiger partial charge in [-0.3, -0.25) is 4.79 Å². The highest BCUT2D eigenvalue weighted by Gasteiger charge is 2.26. The zero-order chi connectivity index (χ0) is 19.6. The Labute approximate surface area is 157 Å². The molecular formula is C20H21F2NO3S. The maximum Gasteiger partial charge on any atom is 0.219 e. The maximum absolute atomic E-state index is 13.9. The first kappa shape index (κ1) is 19.5. The van der Waals surface area contributed by atoms with Crippen molar-refractivity contribution in [2.24, 2.45) is 5.92 Å². The standard InChI is InChI=1S/C20H21F2NO3S/c1-14(24)23-11-9-15(10-12-23)13-27(25,26)17-7-5-16(6-8-17)18-3-2-4-19(21)20(18)22/h2-8,15H,9-13H2,1H3. The van der Waals surface area contributed by atoms with E-state index in [0.29, 0.717) is 31.5 Å². The molecule has 1 heterocycles. The van der Waals surface area contributed by atoms with E-state index in [0.717, 1.165) is 6.07 Å². The Bertz CT molecular complexity index is 934. The van der Waals surface area contributed by atoms with Gasteiger partial charge < -0.3 is 4.90 Å². The monoisotopic (exact) mass is 393 g/mol. The van der Waals surface area contributed by atoms with Gasteiger partial charge in [0.25, 0.3) is 0 Å². The molecule has 0 aromatic heterocycles. The minimum Gasteiger partial charge on any atom is -0.343 e. The first-order valence-corrected chi connectivity index (χ1v) is 10.5. The van der Waals surface area contributed by atoms with Gasteiger partial charge in [0.1, 0.15) is 0 Å². The van der Waals surface area contributed by atoms with Crippen LogP contribution >= 0.6 is 0 Å². The molecule has 2 aromatic carbocycles. The highest BCUT2D eigenvalue weighted by molar-refractivity contribution is 7.91. The maximum atomic E-state index is 13.9. The molecule has 0 spiro atoms. The number of likely N-dealkylation sites (tertiary alicyclic amines) is 1. The van der Waals surface area contributed by atoms with E-state index < -0.39 is 21.5 Å². The van der Waals surface area contributed by atoms with E-state index in [2.05, 4.69) is 0 Å². The van der Waals surface area contributed by atoms with Crippen LogP contribution in [0, 0.1) is 17.6 Å². The van der Waals surface area contributed by atoms with Gasteiger partial charge in [-0.2, -0.15) is 0 Å². The molecule has 1 fully saturated rings. The van der Waals surface area contributed by atoms with E-state index in [1.807, 2.05) is 0 Å². The van der Waals surface area contributed by atoms with Gasteiger partial charge in [0, 0.05) is 25.6 Å². The van der Waals surface area contributed by atoms with Crippen molar-refractivity contribution in [3.05, 3.63) is 54.1 Å². The fourth-order valence-corrected chi connectivity index (χ4v) is 5.09. The van der Waals surface area contributed by atoms with Crippen molar-refractivity contribution in [1.82, 2.24) is 4.90 Å². The van der Waals surface area contributed by atoms with E-state index >= 15 is 0 Å². The second-order valence-corrected chi connectivity index (χ2v) is 8.89. The number of amides is 1. The van der Waals surface area contributed by atoms with Gasteiger partial charge in [0.2, 0.25) is 5.91 Å². The quantitative estimate of drug-likeness (QED) is 0.797. The summed E-state index contributed by atoms with van der Waals surface area (Å²) in [5.41, 5.74) is 0.510. The summed E-state index contributed by atoms with van der Waals surface area (Å²) in [6.45, 7) is 2.67. The van der Waals surface area contributed by atoms with Crippen LogP contribution in [0.15, 0.2) is 47.4 Å². The summed E-state index contributed by atoms with van der Waals surface area (Å²) in [6, 6.07) is 9.73. The molecule has 144 valence electrons. The Kier molecular flexibility index (Phi) is 5.60. The van der Waals surface area contributed by atoms with Crippen molar-refractivity contribution in [3.63, 3.8) is 0 Å². The molecule has 0 N–H and O–H groups in total. The number of piperidine rings is 1. The highest BCUT2D eigenvalue weighted by atomic mass is 32.2. The average Bonchev–Trinajstić information content (AvgIpc) is 2.64. The predicted octanol–water partition coefficient (Wildman–Crippen LogP) is 3.66. The number of sulfone groups is 1. The summed E-state index contributed by atoms with van der Waals surface area (Å²) in [7, 11) is -3.49. The second-order valence-electron chi connectivity index (χ2n) is 6.86. The summed E-state index contributed by atoms with van der Waals surface area (Å²) in [6.07, 6.45) is 1.32. The molecule has 1 aliphatic rings.